The van der Waals surface area contributed by atoms with E-state index in [4.69, 9.17) is 16.3 Å². The zero-order chi connectivity index (χ0) is 23.3. The third-order valence-electron chi connectivity index (χ3n) is 4.32. The van der Waals surface area contributed by atoms with Crippen molar-refractivity contribution in [1.82, 2.24) is 9.71 Å². The maximum Gasteiger partial charge on any atom is 0.338 e. The van der Waals surface area contributed by atoms with Crippen LogP contribution in [0.3, 0.4) is 0 Å². The zero-order valence-electron chi connectivity index (χ0n) is 17.2. The van der Waals surface area contributed by atoms with Crippen molar-refractivity contribution in [3.63, 3.8) is 0 Å². The van der Waals surface area contributed by atoms with Gasteiger partial charge in [-0.1, -0.05) is 29.3 Å². The Labute approximate surface area is 194 Å². The van der Waals surface area contributed by atoms with E-state index in [2.05, 4.69) is 15.0 Å². The van der Waals surface area contributed by atoms with Gasteiger partial charge in [-0.25, -0.2) is 22.9 Å². The molecule has 0 radical (unpaired) electrons. The Balaban J connectivity index is 1.58. The van der Waals surface area contributed by atoms with Crippen LogP contribution in [-0.2, 0) is 32.6 Å². The second-order valence-corrected chi connectivity index (χ2v) is 9.96. The van der Waals surface area contributed by atoms with Crippen LogP contribution in [0.15, 0.2) is 52.7 Å². The molecule has 0 aliphatic heterocycles. The fourth-order valence-electron chi connectivity index (χ4n) is 2.64. The lowest BCUT2D eigenvalue weighted by molar-refractivity contribution is -0.115. The molecule has 168 valence electrons. The van der Waals surface area contributed by atoms with Crippen LogP contribution in [0.2, 0.25) is 5.02 Å². The number of nitrogens with zero attached hydrogens (tertiary/aromatic N) is 1. The molecule has 0 bridgehead atoms. The highest BCUT2D eigenvalue weighted by molar-refractivity contribution is 7.89. The molecule has 1 amide bonds. The van der Waals surface area contributed by atoms with E-state index in [1.54, 1.807) is 5.38 Å². The minimum Gasteiger partial charge on any atom is -0.456 e. The van der Waals surface area contributed by atoms with Gasteiger partial charge in [0, 0.05) is 11.1 Å². The Kier molecular flexibility index (Phi) is 7.62. The van der Waals surface area contributed by atoms with Crippen molar-refractivity contribution in [2.24, 2.45) is 0 Å². The number of aromatic nitrogens is 1. The van der Waals surface area contributed by atoms with E-state index in [0.29, 0.717) is 16.4 Å². The van der Waals surface area contributed by atoms with Crippen LogP contribution in [0.1, 0.15) is 26.6 Å². The molecule has 3 aromatic rings. The largest absolute Gasteiger partial charge is 0.456 e. The van der Waals surface area contributed by atoms with E-state index in [-0.39, 0.29) is 34.4 Å². The highest BCUT2D eigenvalue weighted by atomic mass is 35.5. The van der Waals surface area contributed by atoms with Crippen LogP contribution in [-0.4, -0.2) is 32.3 Å². The maximum absolute atomic E-state index is 12.3. The van der Waals surface area contributed by atoms with E-state index >= 15 is 0 Å². The van der Waals surface area contributed by atoms with Crippen LogP contribution in [0.5, 0.6) is 0 Å². The number of aryl methyl sites for hydroxylation is 1. The number of rotatable bonds is 8. The SMILES string of the molecule is CNS(=O)(=O)c1cc(C(=O)OCc2csc(CC(=O)Nc3ccc(C)cc3)n2)ccc1Cl. The number of halogens is 1. The standard InChI is InChI=1S/C21H20ClN3O5S2/c1-13-3-6-15(7-4-13)24-19(26)10-20-25-16(12-31-20)11-30-21(27)14-5-8-17(22)18(9-14)32(28,29)23-2/h3-9,12,23H,10-11H2,1-2H3,(H,24,26). The smallest absolute Gasteiger partial charge is 0.338 e. The number of ether oxygens (including phenoxy) is 1. The molecule has 1 aromatic heterocycles. The quantitative estimate of drug-likeness (QED) is 0.464. The predicted molar refractivity (Wildman–Crippen MR) is 122 cm³/mol. The number of nitrogens with one attached hydrogen (secondary N) is 2. The van der Waals surface area contributed by atoms with Crippen LogP contribution in [0, 0.1) is 6.92 Å². The van der Waals surface area contributed by atoms with E-state index in [1.807, 2.05) is 31.2 Å². The second-order valence-electron chi connectivity index (χ2n) is 6.75. The summed E-state index contributed by atoms with van der Waals surface area (Å²) in [5, 5.41) is 5.07. The van der Waals surface area contributed by atoms with Crippen LogP contribution >= 0.6 is 22.9 Å². The Hall–Kier alpha value is -2.79. The molecule has 0 aliphatic rings. The first-order valence-corrected chi connectivity index (χ1v) is 12.1. The number of carbonyl (C=O) groups is 2. The van der Waals surface area contributed by atoms with Crippen molar-refractivity contribution in [3.05, 3.63) is 74.7 Å². The van der Waals surface area contributed by atoms with E-state index < -0.39 is 16.0 Å². The molecule has 2 aromatic carbocycles. The van der Waals surface area contributed by atoms with Crippen LogP contribution in [0.25, 0.3) is 0 Å². The summed E-state index contributed by atoms with van der Waals surface area (Å²) in [4.78, 5) is 28.6. The highest BCUT2D eigenvalue weighted by Crippen LogP contribution is 2.23. The number of amides is 1. The fraction of sp³-hybridized carbons (Fsp3) is 0.190. The predicted octanol–water partition coefficient (Wildman–Crippen LogP) is 3.55. The van der Waals surface area contributed by atoms with Crippen molar-refractivity contribution in [2.75, 3.05) is 12.4 Å². The molecular weight excluding hydrogens is 474 g/mol. The molecule has 2 N–H and O–H groups in total. The van der Waals surface area contributed by atoms with Gasteiger partial charge in [0.25, 0.3) is 0 Å². The first kappa shape index (κ1) is 23.9. The number of sulfonamides is 1. The topological polar surface area (TPSA) is 114 Å². The van der Waals surface area contributed by atoms with Crippen molar-refractivity contribution in [2.45, 2.75) is 24.8 Å². The summed E-state index contributed by atoms with van der Waals surface area (Å²) in [5.74, 6) is -0.924. The lowest BCUT2D eigenvalue weighted by Gasteiger charge is -2.08. The summed E-state index contributed by atoms with van der Waals surface area (Å²) >= 11 is 7.21. The summed E-state index contributed by atoms with van der Waals surface area (Å²) in [6, 6.07) is 11.3. The van der Waals surface area contributed by atoms with Gasteiger partial charge in [-0.3, -0.25) is 4.79 Å². The monoisotopic (exact) mass is 493 g/mol. The number of anilines is 1. The lowest BCUT2D eigenvalue weighted by atomic mass is 10.2. The van der Waals surface area contributed by atoms with Crippen LogP contribution < -0.4 is 10.0 Å². The second kappa shape index (κ2) is 10.2. The summed E-state index contributed by atoms with van der Waals surface area (Å²) in [6.45, 7) is 1.84. The van der Waals surface area contributed by atoms with E-state index in [0.717, 1.165) is 11.6 Å². The van der Waals surface area contributed by atoms with Crippen molar-refractivity contribution in [1.29, 1.82) is 0 Å². The fourth-order valence-corrected chi connectivity index (χ4v) is 4.67. The van der Waals surface area contributed by atoms with Gasteiger partial charge in [-0.15, -0.1) is 11.3 Å². The number of esters is 1. The molecule has 0 unspecified atom stereocenters. The molecule has 0 saturated carbocycles. The van der Waals surface area contributed by atoms with Gasteiger partial charge in [-0.05, 0) is 44.3 Å². The van der Waals surface area contributed by atoms with Gasteiger partial charge in [0.2, 0.25) is 15.9 Å². The van der Waals surface area contributed by atoms with E-state index in [1.165, 1.54) is 30.5 Å². The summed E-state index contributed by atoms with van der Waals surface area (Å²) in [6.07, 6.45) is 0.0922. The number of thiazole rings is 1. The highest BCUT2D eigenvalue weighted by Gasteiger charge is 2.19. The Morgan fingerprint density at radius 2 is 1.88 bits per heavy atom. The van der Waals surface area contributed by atoms with Gasteiger partial charge < -0.3 is 10.1 Å². The van der Waals surface area contributed by atoms with E-state index in [9.17, 15) is 18.0 Å². The molecule has 8 nitrogen and oxygen atoms in total. The van der Waals surface area contributed by atoms with Gasteiger partial charge in [0.05, 0.1) is 22.7 Å². The summed E-state index contributed by atoms with van der Waals surface area (Å²) in [7, 11) is -2.58. The average Bonchev–Trinajstić information content (AvgIpc) is 3.21. The summed E-state index contributed by atoms with van der Waals surface area (Å²) in [5.41, 5.74) is 2.32. The molecule has 0 spiro atoms. The molecule has 1 heterocycles. The molecule has 0 fully saturated rings. The molecule has 0 aliphatic carbocycles. The molecule has 32 heavy (non-hydrogen) atoms. The van der Waals surface area contributed by atoms with Crippen LogP contribution in [0.4, 0.5) is 5.69 Å². The van der Waals surface area contributed by atoms with Gasteiger partial charge in [0.15, 0.2) is 0 Å². The number of hydrogen-bond acceptors (Lipinski definition) is 7. The minimum atomic E-state index is -3.82. The first-order chi connectivity index (χ1) is 15.2. The molecule has 11 heteroatoms. The normalized spacial score (nSPS) is 11.2. The Morgan fingerprint density at radius 1 is 1.16 bits per heavy atom. The Morgan fingerprint density at radius 3 is 2.56 bits per heavy atom. The minimum absolute atomic E-state index is 0.0102. The van der Waals surface area contributed by atoms with Gasteiger partial charge in [-0.2, -0.15) is 0 Å². The third kappa shape index (κ3) is 6.13. The first-order valence-electron chi connectivity index (χ1n) is 9.38. The molecule has 0 saturated heterocycles. The van der Waals surface area contributed by atoms with Crippen molar-refractivity contribution in [3.8, 4) is 0 Å². The number of carbonyl (C=O) groups excluding carboxylic acids is 2. The number of benzene rings is 2. The van der Waals surface area contributed by atoms with Crippen molar-refractivity contribution < 1.29 is 22.7 Å². The maximum atomic E-state index is 12.3. The van der Waals surface area contributed by atoms with Gasteiger partial charge >= 0.3 is 5.97 Å². The molecule has 3 rings (SSSR count). The third-order valence-corrected chi connectivity index (χ3v) is 7.12. The lowest BCUT2D eigenvalue weighted by Crippen LogP contribution is -2.19. The number of hydrogen-bond donors (Lipinski definition) is 2. The zero-order valence-corrected chi connectivity index (χ0v) is 19.6. The Bertz CT molecular complexity index is 1240. The average molecular weight is 494 g/mol. The molecule has 0 atom stereocenters. The van der Waals surface area contributed by atoms with Crippen molar-refractivity contribution >= 4 is 50.5 Å². The molecular formula is C21H20ClN3O5S2. The van der Waals surface area contributed by atoms with Gasteiger partial charge in [0.1, 0.15) is 16.5 Å². The summed E-state index contributed by atoms with van der Waals surface area (Å²) < 4.78 is 31.4.